The van der Waals surface area contributed by atoms with E-state index in [1.54, 1.807) is 0 Å². The van der Waals surface area contributed by atoms with Crippen LogP contribution in [0.2, 0.25) is 0 Å². The van der Waals surface area contributed by atoms with Crippen LogP contribution in [0.3, 0.4) is 0 Å². The first-order valence-electron chi connectivity index (χ1n) is 7.88. The third-order valence-electron chi connectivity index (χ3n) is 4.05. The third kappa shape index (κ3) is 5.65. The maximum absolute atomic E-state index is 10.3. The number of aliphatic hydroxyl groups excluding tert-OH is 1. The van der Waals surface area contributed by atoms with Gasteiger partial charge in [0.2, 0.25) is 0 Å². The molecule has 0 aliphatic heterocycles. The number of benzene rings is 1. The molecule has 0 bridgehead atoms. The molecule has 1 unspecified atom stereocenters. The number of aliphatic hydroxyl groups is 2. The van der Waals surface area contributed by atoms with E-state index in [1.807, 2.05) is 31.2 Å². The molecule has 1 aliphatic carbocycles. The molecule has 3 N–H and O–H groups in total. The SMILES string of the molecule is Cc1cccc(OCC(O)CNCC2(O)CCCCC2)c1. The van der Waals surface area contributed by atoms with Crippen molar-refractivity contribution >= 4 is 0 Å². The number of rotatable bonds is 7. The predicted molar refractivity (Wildman–Crippen MR) is 83.6 cm³/mol. The highest BCUT2D eigenvalue weighted by Gasteiger charge is 2.28. The van der Waals surface area contributed by atoms with E-state index >= 15 is 0 Å². The lowest BCUT2D eigenvalue weighted by molar-refractivity contribution is 0.00142. The third-order valence-corrected chi connectivity index (χ3v) is 4.05. The smallest absolute Gasteiger partial charge is 0.119 e. The van der Waals surface area contributed by atoms with E-state index in [2.05, 4.69) is 5.32 Å². The second kappa shape index (κ2) is 7.78. The minimum absolute atomic E-state index is 0.259. The van der Waals surface area contributed by atoms with Gasteiger partial charge in [-0.3, -0.25) is 0 Å². The van der Waals surface area contributed by atoms with E-state index in [-0.39, 0.29) is 6.61 Å². The van der Waals surface area contributed by atoms with Crippen molar-refractivity contribution in [2.75, 3.05) is 19.7 Å². The maximum atomic E-state index is 10.3. The molecule has 1 saturated carbocycles. The van der Waals surface area contributed by atoms with Gasteiger partial charge in [0, 0.05) is 13.1 Å². The summed E-state index contributed by atoms with van der Waals surface area (Å²) in [6.45, 7) is 3.26. The van der Waals surface area contributed by atoms with Crippen LogP contribution < -0.4 is 10.1 Å². The molecule has 1 fully saturated rings. The van der Waals surface area contributed by atoms with Crippen LogP contribution in [-0.2, 0) is 0 Å². The van der Waals surface area contributed by atoms with Gasteiger partial charge in [-0.1, -0.05) is 31.4 Å². The van der Waals surface area contributed by atoms with Crippen LogP contribution in [0.4, 0.5) is 0 Å². The zero-order valence-electron chi connectivity index (χ0n) is 12.8. The Bertz CT molecular complexity index is 430. The molecule has 0 saturated heterocycles. The van der Waals surface area contributed by atoms with Crippen molar-refractivity contribution in [1.29, 1.82) is 0 Å². The second-order valence-electron chi connectivity index (χ2n) is 6.20. The minimum atomic E-state index is -0.588. The molecule has 1 atom stereocenters. The number of hydrogen-bond donors (Lipinski definition) is 3. The summed E-state index contributed by atoms with van der Waals surface area (Å²) in [5.74, 6) is 0.778. The van der Waals surface area contributed by atoms with Gasteiger partial charge in [-0.25, -0.2) is 0 Å². The highest BCUT2D eigenvalue weighted by molar-refractivity contribution is 5.27. The van der Waals surface area contributed by atoms with Gasteiger partial charge < -0.3 is 20.3 Å². The Balaban J connectivity index is 1.64. The van der Waals surface area contributed by atoms with E-state index in [4.69, 9.17) is 4.74 Å². The first-order chi connectivity index (χ1) is 10.1. The molecule has 1 aromatic rings. The summed E-state index contributed by atoms with van der Waals surface area (Å²) in [5, 5.41) is 23.4. The zero-order valence-corrected chi connectivity index (χ0v) is 12.8. The number of aryl methyl sites for hydroxylation is 1. The lowest BCUT2D eigenvalue weighted by atomic mass is 9.85. The summed E-state index contributed by atoms with van der Waals surface area (Å²) < 4.78 is 5.56. The largest absolute Gasteiger partial charge is 0.491 e. The molecule has 0 heterocycles. The van der Waals surface area contributed by atoms with Crippen molar-refractivity contribution < 1.29 is 14.9 Å². The Morgan fingerprint density at radius 1 is 1.29 bits per heavy atom. The lowest BCUT2D eigenvalue weighted by Crippen LogP contribution is -2.44. The van der Waals surface area contributed by atoms with Crippen molar-refractivity contribution in [3.8, 4) is 5.75 Å². The first-order valence-corrected chi connectivity index (χ1v) is 7.88. The fourth-order valence-electron chi connectivity index (χ4n) is 2.81. The van der Waals surface area contributed by atoms with Crippen LogP contribution in [-0.4, -0.2) is 41.6 Å². The van der Waals surface area contributed by atoms with E-state index in [1.165, 1.54) is 6.42 Å². The van der Waals surface area contributed by atoms with Crippen LogP contribution in [0.5, 0.6) is 5.75 Å². The Labute approximate surface area is 127 Å². The molecule has 0 amide bonds. The predicted octanol–water partition coefficient (Wildman–Crippen LogP) is 2.02. The Hall–Kier alpha value is -1.10. The summed E-state index contributed by atoms with van der Waals surface area (Å²) in [6, 6.07) is 7.78. The van der Waals surface area contributed by atoms with Crippen molar-refractivity contribution in [2.24, 2.45) is 0 Å². The summed E-state index contributed by atoms with van der Waals surface area (Å²) in [5.41, 5.74) is 0.551. The van der Waals surface area contributed by atoms with Gasteiger partial charge in [0.05, 0.1) is 5.60 Å². The van der Waals surface area contributed by atoms with E-state index < -0.39 is 11.7 Å². The highest BCUT2D eigenvalue weighted by Crippen LogP contribution is 2.27. The molecular formula is C17H27NO3. The average molecular weight is 293 g/mol. The van der Waals surface area contributed by atoms with Crippen LogP contribution in [0.15, 0.2) is 24.3 Å². The van der Waals surface area contributed by atoms with Crippen LogP contribution >= 0.6 is 0 Å². The number of ether oxygens (including phenoxy) is 1. The van der Waals surface area contributed by atoms with Gasteiger partial charge in [-0.15, -0.1) is 0 Å². The fraction of sp³-hybridized carbons (Fsp3) is 0.647. The monoisotopic (exact) mass is 293 g/mol. The second-order valence-corrected chi connectivity index (χ2v) is 6.20. The summed E-state index contributed by atoms with van der Waals surface area (Å²) in [6.07, 6.45) is 4.55. The first kappa shape index (κ1) is 16.3. The van der Waals surface area contributed by atoms with Crippen molar-refractivity contribution in [1.82, 2.24) is 5.32 Å². The summed E-state index contributed by atoms with van der Waals surface area (Å²) in [7, 11) is 0. The van der Waals surface area contributed by atoms with E-state index in [9.17, 15) is 10.2 Å². The topological polar surface area (TPSA) is 61.7 Å². The van der Waals surface area contributed by atoms with Crippen LogP contribution in [0, 0.1) is 6.92 Å². The normalized spacial score (nSPS) is 19.2. The molecule has 118 valence electrons. The standard InChI is InChI=1S/C17H27NO3/c1-14-6-5-7-16(10-14)21-12-15(19)11-18-13-17(20)8-3-2-4-9-17/h5-7,10,15,18-20H,2-4,8-9,11-13H2,1H3. The van der Waals surface area contributed by atoms with E-state index in [0.717, 1.165) is 37.0 Å². The summed E-state index contributed by atoms with van der Waals surface area (Å²) >= 11 is 0. The van der Waals surface area contributed by atoms with Gasteiger partial charge in [0.25, 0.3) is 0 Å². The minimum Gasteiger partial charge on any atom is -0.491 e. The molecule has 2 rings (SSSR count). The van der Waals surface area contributed by atoms with Crippen molar-refractivity contribution in [3.05, 3.63) is 29.8 Å². The van der Waals surface area contributed by atoms with Crippen molar-refractivity contribution in [2.45, 2.75) is 50.7 Å². The van der Waals surface area contributed by atoms with Gasteiger partial charge in [0.15, 0.2) is 0 Å². The molecule has 1 aromatic carbocycles. The highest BCUT2D eigenvalue weighted by atomic mass is 16.5. The molecule has 0 radical (unpaired) electrons. The molecule has 0 spiro atoms. The average Bonchev–Trinajstić information content (AvgIpc) is 2.46. The number of hydrogen-bond acceptors (Lipinski definition) is 4. The molecular weight excluding hydrogens is 266 g/mol. The lowest BCUT2D eigenvalue weighted by Gasteiger charge is -2.32. The molecule has 4 heteroatoms. The maximum Gasteiger partial charge on any atom is 0.119 e. The van der Waals surface area contributed by atoms with Crippen molar-refractivity contribution in [3.63, 3.8) is 0 Å². The Morgan fingerprint density at radius 2 is 2.05 bits per heavy atom. The van der Waals surface area contributed by atoms with Gasteiger partial charge in [-0.2, -0.15) is 0 Å². The molecule has 4 nitrogen and oxygen atoms in total. The molecule has 1 aliphatic rings. The van der Waals surface area contributed by atoms with Gasteiger partial charge in [0.1, 0.15) is 18.5 Å². The van der Waals surface area contributed by atoms with Gasteiger partial charge in [-0.05, 0) is 37.5 Å². The zero-order chi connectivity index (χ0) is 15.1. The quantitative estimate of drug-likeness (QED) is 0.720. The fourth-order valence-corrected chi connectivity index (χ4v) is 2.81. The summed E-state index contributed by atoms with van der Waals surface area (Å²) in [4.78, 5) is 0. The Morgan fingerprint density at radius 3 is 2.76 bits per heavy atom. The van der Waals surface area contributed by atoms with E-state index in [0.29, 0.717) is 13.1 Å². The molecule has 21 heavy (non-hydrogen) atoms. The number of nitrogens with one attached hydrogen (secondary N) is 1. The van der Waals surface area contributed by atoms with Gasteiger partial charge >= 0.3 is 0 Å². The molecule has 0 aromatic heterocycles. The Kier molecular flexibility index (Phi) is 6.03. The van der Waals surface area contributed by atoms with Crippen LogP contribution in [0.25, 0.3) is 0 Å². The van der Waals surface area contributed by atoms with Crippen LogP contribution in [0.1, 0.15) is 37.7 Å².